The lowest BCUT2D eigenvalue weighted by molar-refractivity contribution is -0.139. The topological polar surface area (TPSA) is 66.8 Å². The molecule has 2 heterocycles. The summed E-state index contributed by atoms with van der Waals surface area (Å²) >= 11 is 0. The highest BCUT2D eigenvalue weighted by atomic mass is 16.5. The number of aliphatic hydroxyl groups excluding tert-OH is 1. The molecule has 1 N–H and O–H groups in total. The molecule has 2 aliphatic heterocycles. The summed E-state index contributed by atoms with van der Waals surface area (Å²) < 4.78 is 5.69. The second-order valence-corrected chi connectivity index (χ2v) is 8.69. The zero-order valence-corrected chi connectivity index (χ0v) is 18.7. The first-order valence-corrected chi connectivity index (χ1v) is 11.6. The Balaban J connectivity index is 1.70. The van der Waals surface area contributed by atoms with Gasteiger partial charge in [0.2, 0.25) is 0 Å². The van der Waals surface area contributed by atoms with E-state index in [0.29, 0.717) is 18.7 Å². The third-order valence-corrected chi connectivity index (χ3v) is 6.59. The molecule has 33 heavy (non-hydrogen) atoms. The molecule has 1 saturated heterocycles. The largest absolute Gasteiger partial charge is 0.507 e. The fourth-order valence-corrected chi connectivity index (χ4v) is 4.91. The summed E-state index contributed by atoms with van der Waals surface area (Å²) in [4.78, 5) is 28.0. The molecule has 2 aliphatic rings. The zero-order valence-electron chi connectivity index (χ0n) is 18.7. The second-order valence-electron chi connectivity index (χ2n) is 8.69. The van der Waals surface area contributed by atoms with Crippen molar-refractivity contribution in [3.63, 3.8) is 0 Å². The molecule has 3 aromatic rings. The maximum absolute atomic E-state index is 13.3. The van der Waals surface area contributed by atoms with Crippen LogP contribution in [0.5, 0.6) is 5.75 Å². The zero-order chi connectivity index (χ0) is 22.9. The first-order valence-electron chi connectivity index (χ1n) is 11.6. The number of unbranched alkanes of at least 4 members (excludes halogenated alkanes) is 1. The number of aryl methyl sites for hydroxylation is 1. The van der Waals surface area contributed by atoms with Crippen LogP contribution in [0.15, 0.2) is 66.2 Å². The van der Waals surface area contributed by atoms with Gasteiger partial charge in [0.25, 0.3) is 11.7 Å². The van der Waals surface area contributed by atoms with Gasteiger partial charge in [0.05, 0.1) is 18.2 Å². The molecule has 0 bridgehead atoms. The van der Waals surface area contributed by atoms with Gasteiger partial charge in [0, 0.05) is 12.1 Å². The summed E-state index contributed by atoms with van der Waals surface area (Å²) in [6.45, 7) is 3.20. The average Bonchev–Trinajstić information content (AvgIpc) is 3.11. The van der Waals surface area contributed by atoms with Crippen LogP contribution < -0.4 is 4.74 Å². The van der Waals surface area contributed by atoms with E-state index in [0.717, 1.165) is 53.3 Å². The van der Waals surface area contributed by atoms with E-state index in [1.165, 1.54) is 0 Å². The fourth-order valence-electron chi connectivity index (χ4n) is 4.91. The summed E-state index contributed by atoms with van der Waals surface area (Å²) in [5, 5.41) is 13.4. The number of benzene rings is 3. The SMILES string of the molecule is CCCCN1C(=O)C(=O)/C(=C(\O)c2ccc3c(c2)CCCO3)C1c1cccc2ccccc12. The van der Waals surface area contributed by atoms with Crippen molar-refractivity contribution < 1.29 is 19.4 Å². The standard InChI is InChI=1S/C28H27NO4/c1-2-3-15-29-25(22-12-6-9-18-8-4-5-11-21(18)22)24(27(31)28(29)32)26(30)20-13-14-23-19(17-20)10-7-16-33-23/h4-6,8-9,11-14,17,25,30H,2-3,7,10,15-16H2,1H3/b26-24-. The summed E-state index contributed by atoms with van der Waals surface area (Å²) in [6, 6.07) is 18.7. The Morgan fingerprint density at radius 1 is 1.09 bits per heavy atom. The molecule has 5 heteroatoms. The van der Waals surface area contributed by atoms with Crippen LogP contribution in [0.4, 0.5) is 0 Å². The van der Waals surface area contributed by atoms with Crippen LogP contribution >= 0.6 is 0 Å². The van der Waals surface area contributed by atoms with Gasteiger partial charge < -0.3 is 14.7 Å². The van der Waals surface area contributed by atoms with E-state index in [4.69, 9.17) is 4.74 Å². The number of ether oxygens (including phenoxy) is 1. The molecular formula is C28H27NO4. The highest BCUT2D eigenvalue weighted by Crippen LogP contribution is 2.42. The predicted molar refractivity (Wildman–Crippen MR) is 128 cm³/mol. The molecule has 1 unspecified atom stereocenters. The molecule has 0 spiro atoms. The van der Waals surface area contributed by atoms with Gasteiger partial charge in [-0.1, -0.05) is 55.8 Å². The first kappa shape index (κ1) is 21.3. The molecular weight excluding hydrogens is 414 g/mol. The molecule has 1 fully saturated rings. The summed E-state index contributed by atoms with van der Waals surface area (Å²) in [6.07, 6.45) is 3.45. The molecule has 5 rings (SSSR count). The van der Waals surface area contributed by atoms with Crippen molar-refractivity contribution in [1.29, 1.82) is 0 Å². The summed E-state index contributed by atoms with van der Waals surface area (Å²) in [7, 11) is 0. The van der Waals surface area contributed by atoms with E-state index < -0.39 is 17.7 Å². The van der Waals surface area contributed by atoms with Gasteiger partial charge in [-0.25, -0.2) is 0 Å². The van der Waals surface area contributed by atoms with Gasteiger partial charge in [-0.15, -0.1) is 0 Å². The molecule has 0 aromatic heterocycles. The van der Waals surface area contributed by atoms with E-state index in [1.807, 2.05) is 54.6 Å². The number of likely N-dealkylation sites (tertiary alicyclic amines) is 1. The monoisotopic (exact) mass is 441 g/mol. The normalized spacial score (nSPS) is 19.5. The Kier molecular flexibility index (Phi) is 5.63. The number of rotatable bonds is 5. The van der Waals surface area contributed by atoms with Crippen LogP contribution in [0.3, 0.4) is 0 Å². The molecule has 3 aromatic carbocycles. The molecule has 0 saturated carbocycles. The number of carbonyl (C=O) groups excluding carboxylic acids is 2. The van der Waals surface area contributed by atoms with Gasteiger partial charge in [0.15, 0.2) is 0 Å². The van der Waals surface area contributed by atoms with Crippen LogP contribution in [0.1, 0.15) is 48.9 Å². The molecule has 0 aliphatic carbocycles. The van der Waals surface area contributed by atoms with Crippen LogP contribution in [-0.4, -0.2) is 34.8 Å². The number of ketones is 1. The molecule has 0 radical (unpaired) electrons. The van der Waals surface area contributed by atoms with E-state index in [-0.39, 0.29) is 11.3 Å². The van der Waals surface area contributed by atoms with Crippen LogP contribution in [0.2, 0.25) is 0 Å². The molecule has 1 amide bonds. The lowest BCUT2D eigenvalue weighted by atomic mass is 9.91. The van der Waals surface area contributed by atoms with Gasteiger partial charge in [0.1, 0.15) is 11.5 Å². The second kappa shape index (κ2) is 8.74. The van der Waals surface area contributed by atoms with Crippen LogP contribution in [-0.2, 0) is 16.0 Å². The van der Waals surface area contributed by atoms with Crippen molar-refractivity contribution in [3.8, 4) is 5.75 Å². The van der Waals surface area contributed by atoms with Gasteiger partial charge in [-0.3, -0.25) is 9.59 Å². The number of amides is 1. The minimum Gasteiger partial charge on any atom is -0.507 e. The maximum Gasteiger partial charge on any atom is 0.295 e. The van der Waals surface area contributed by atoms with Gasteiger partial charge in [-0.2, -0.15) is 0 Å². The molecule has 5 nitrogen and oxygen atoms in total. The Hall–Kier alpha value is -3.60. The average molecular weight is 442 g/mol. The Morgan fingerprint density at radius 3 is 2.76 bits per heavy atom. The lowest BCUT2D eigenvalue weighted by Crippen LogP contribution is -2.30. The minimum atomic E-state index is -0.630. The molecule has 168 valence electrons. The maximum atomic E-state index is 13.3. The predicted octanol–water partition coefficient (Wildman–Crippen LogP) is 5.39. The van der Waals surface area contributed by atoms with E-state index in [2.05, 4.69) is 6.92 Å². The lowest BCUT2D eigenvalue weighted by Gasteiger charge is -2.26. The Bertz CT molecular complexity index is 1270. The number of fused-ring (bicyclic) bond motifs is 2. The smallest absolute Gasteiger partial charge is 0.295 e. The van der Waals surface area contributed by atoms with Crippen molar-refractivity contribution in [2.45, 2.75) is 38.6 Å². The van der Waals surface area contributed by atoms with Crippen molar-refractivity contribution in [2.75, 3.05) is 13.2 Å². The highest BCUT2D eigenvalue weighted by Gasteiger charge is 2.46. The van der Waals surface area contributed by atoms with Crippen molar-refractivity contribution in [3.05, 3.63) is 82.9 Å². The van der Waals surface area contributed by atoms with Crippen LogP contribution in [0.25, 0.3) is 16.5 Å². The highest BCUT2D eigenvalue weighted by molar-refractivity contribution is 6.46. The fraction of sp³-hybridized carbons (Fsp3) is 0.286. The van der Waals surface area contributed by atoms with Crippen molar-refractivity contribution in [2.24, 2.45) is 0 Å². The third-order valence-electron chi connectivity index (χ3n) is 6.59. The van der Waals surface area contributed by atoms with E-state index in [1.54, 1.807) is 11.0 Å². The number of aliphatic hydroxyl groups is 1. The number of carbonyl (C=O) groups is 2. The molecule has 1 atom stereocenters. The van der Waals surface area contributed by atoms with E-state index in [9.17, 15) is 14.7 Å². The van der Waals surface area contributed by atoms with E-state index >= 15 is 0 Å². The Morgan fingerprint density at radius 2 is 1.91 bits per heavy atom. The number of hydrogen-bond acceptors (Lipinski definition) is 4. The first-order chi connectivity index (χ1) is 16.1. The van der Waals surface area contributed by atoms with Gasteiger partial charge in [-0.05, 0) is 59.4 Å². The van der Waals surface area contributed by atoms with Crippen molar-refractivity contribution >= 4 is 28.2 Å². The Labute approximate surface area is 193 Å². The summed E-state index contributed by atoms with van der Waals surface area (Å²) in [5.41, 5.74) is 2.56. The third kappa shape index (κ3) is 3.67. The number of Topliss-reactive ketones (excluding diaryl/α,β-unsaturated/α-hetero) is 1. The number of hydrogen-bond donors (Lipinski definition) is 1. The summed E-state index contributed by atoms with van der Waals surface area (Å²) in [5.74, 6) is -0.495. The van der Waals surface area contributed by atoms with Crippen molar-refractivity contribution in [1.82, 2.24) is 4.90 Å². The van der Waals surface area contributed by atoms with Crippen LogP contribution in [0, 0.1) is 0 Å². The quantitative estimate of drug-likeness (QED) is 0.328. The van der Waals surface area contributed by atoms with Gasteiger partial charge >= 0.3 is 0 Å². The number of nitrogens with zero attached hydrogens (tertiary/aromatic N) is 1. The minimum absolute atomic E-state index is 0.126.